The largest absolute Gasteiger partial charge is 0.319 e. The number of nitriles is 1. The molecule has 1 aromatic carbocycles. The van der Waals surface area contributed by atoms with Crippen molar-refractivity contribution in [3.8, 4) is 6.07 Å². The van der Waals surface area contributed by atoms with E-state index in [0.717, 1.165) is 4.57 Å². The van der Waals surface area contributed by atoms with E-state index in [1.165, 1.54) is 12.3 Å². The van der Waals surface area contributed by atoms with E-state index in [1.807, 2.05) is 6.07 Å². The van der Waals surface area contributed by atoms with E-state index in [0.29, 0.717) is 16.5 Å². The van der Waals surface area contributed by atoms with Crippen LogP contribution in [0.15, 0.2) is 30.5 Å². The number of nitrogens with zero attached hydrogens (tertiary/aromatic N) is 2. The fourth-order valence-corrected chi connectivity index (χ4v) is 1.39. The third kappa shape index (κ3) is 1.23. The Hall–Kier alpha value is -1.89. The number of hydrogen-bond acceptors (Lipinski definition) is 1. The Labute approximate surface area is 79.0 Å². The van der Waals surface area contributed by atoms with Gasteiger partial charge in [-0.25, -0.2) is 0 Å². The molecule has 0 radical (unpaired) electrons. The van der Waals surface area contributed by atoms with Gasteiger partial charge in [-0.1, -0.05) is 6.07 Å². The number of alkyl halides is 2. The van der Waals surface area contributed by atoms with Crippen LogP contribution in [0.4, 0.5) is 8.78 Å². The van der Waals surface area contributed by atoms with E-state index >= 15 is 0 Å². The zero-order chi connectivity index (χ0) is 10.1. The van der Waals surface area contributed by atoms with Gasteiger partial charge in [-0.15, -0.1) is 0 Å². The lowest BCUT2D eigenvalue weighted by atomic mass is 10.2. The number of rotatable bonds is 1. The highest BCUT2D eigenvalue weighted by molar-refractivity contribution is 5.81. The Morgan fingerprint density at radius 1 is 1.29 bits per heavy atom. The predicted octanol–water partition coefficient (Wildman–Crippen LogP) is 2.91. The Bertz CT molecular complexity index is 508. The second-order valence-electron chi connectivity index (χ2n) is 2.89. The smallest absolute Gasteiger partial charge is 0.291 e. The normalized spacial score (nSPS) is 10.7. The molecule has 0 amide bonds. The van der Waals surface area contributed by atoms with Crippen LogP contribution in [0, 0.1) is 11.3 Å². The van der Waals surface area contributed by atoms with Gasteiger partial charge in [0.05, 0.1) is 17.1 Å². The second-order valence-corrected chi connectivity index (χ2v) is 2.89. The van der Waals surface area contributed by atoms with Gasteiger partial charge >= 0.3 is 6.55 Å². The van der Waals surface area contributed by atoms with Crippen LogP contribution >= 0.6 is 0 Å². The maximum absolute atomic E-state index is 12.4. The minimum Gasteiger partial charge on any atom is -0.291 e. The first kappa shape index (κ1) is 8.70. The molecule has 0 unspecified atom stereocenters. The summed E-state index contributed by atoms with van der Waals surface area (Å²) in [6, 6.07) is 8.25. The summed E-state index contributed by atoms with van der Waals surface area (Å²) in [5.74, 6) is 0. The summed E-state index contributed by atoms with van der Waals surface area (Å²) < 4.78 is 25.7. The fourth-order valence-electron chi connectivity index (χ4n) is 1.39. The van der Waals surface area contributed by atoms with Gasteiger partial charge in [0.2, 0.25) is 0 Å². The van der Waals surface area contributed by atoms with Crippen LogP contribution in [-0.4, -0.2) is 4.57 Å². The highest BCUT2D eigenvalue weighted by atomic mass is 19.3. The van der Waals surface area contributed by atoms with Crippen molar-refractivity contribution >= 4 is 10.9 Å². The molecule has 0 bridgehead atoms. The molecule has 0 saturated carbocycles. The molecule has 2 rings (SSSR count). The van der Waals surface area contributed by atoms with Gasteiger partial charge in [0.25, 0.3) is 0 Å². The fraction of sp³-hybridized carbons (Fsp3) is 0.100. The average Bonchev–Trinajstić information content (AvgIpc) is 2.59. The molecule has 0 aliphatic carbocycles. The first-order valence-electron chi connectivity index (χ1n) is 4.01. The minimum absolute atomic E-state index is 0.387. The van der Waals surface area contributed by atoms with Crippen molar-refractivity contribution in [3.05, 3.63) is 36.0 Å². The summed E-state index contributed by atoms with van der Waals surface area (Å²) in [6.45, 7) is -2.57. The molecule has 0 saturated heterocycles. The summed E-state index contributed by atoms with van der Waals surface area (Å²) in [7, 11) is 0. The number of halogens is 2. The zero-order valence-corrected chi connectivity index (χ0v) is 7.11. The number of benzene rings is 1. The molecule has 4 heteroatoms. The highest BCUT2D eigenvalue weighted by Gasteiger charge is 2.09. The molecule has 14 heavy (non-hydrogen) atoms. The van der Waals surface area contributed by atoms with Crippen molar-refractivity contribution in [1.29, 1.82) is 5.26 Å². The lowest BCUT2D eigenvalue weighted by Gasteiger charge is -2.02. The summed E-state index contributed by atoms with van der Waals surface area (Å²) >= 11 is 0. The van der Waals surface area contributed by atoms with Crippen LogP contribution in [0.3, 0.4) is 0 Å². The van der Waals surface area contributed by atoms with Crippen molar-refractivity contribution in [1.82, 2.24) is 4.57 Å². The number of aromatic nitrogens is 1. The van der Waals surface area contributed by atoms with Crippen molar-refractivity contribution in [2.75, 3.05) is 0 Å². The Kier molecular flexibility index (Phi) is 1.93. The average molecular weight is 192 g/mol. The predicted molar refractivity (Wildman–Crippen MR) is 47.9 cm³/mol. The summed E-state index contributed by atoms with van der Waals surface area (Å²) in [4.78, 5) is 0. The van der Waals surface area contributed by atoms with E-state index in [-0.39, 0.29) is 0 Å². The number of fused-ring (bicyclic) bond motifs is 1. The second kappa shape index (κ2) is 3.11. The zero-order valence-electron chi connectivity index (χ0n) is 7.11. The highest BCUT2D eigenvalue weighted by Crippen LogP contribution is 2.22. The van der Waals surface area contributed by atoms with Crippen molar-refractivity contribution in [2.24, 2.45) is 0 Å². The first-order chi connectivity index (χ1) is 6.72. The maximum Gasteiger partial charge on any atom is 0.319 e. The molecule has 0 aliphatic heterocycles. The molecule has 70 valence electrons. The summed E-state index contributed by atoms with van der Waals surface area (Å²) in [5.41, 5.74) is 0.775. The van der Waals surface area contributed by atoms with E-state index in [4.69, 9.17) is 5.26 Å². The Morgan fingerprint density at radius 3 is 2.71 bits per heavy atom. The SMILES string of the molecule is N#Cc1ccc2ccn(C(F)F)c2c1. The molecule has 0 spiro atoms. The first-order valence-corrected chi connectivity index (χ1v) is 4.01. The van der Waals surface area contributed by atoms with Gasteiger partial charge in [0, 0.05) is 6.20 Å². The van der Waals surface area contributed by atoms with Gasteiger partial charge < -0.3 is 0 Å². The molecular weight excluding hydrogens is 186 g/mol. The lowest BCUT2D eigenvalue weighted by molar-refractivity contribution is 0.0752. The Balaban J connectivity index is 2.71. The van der Waals surface area contributed by atoms with Gasteiger partial charge in [-0.3, -0.25) is 4.57 Å². The summed E-state index contributed by atoms with van der Waals surface area (Å²) in [5, 5.41) is 9.33. The van der Waals surface area contributed by atoms with Crippen LogP contribution < -0.4 is 0 Å². The monoisotopic (exact) mass is 192 g/mol. The molecule has 0 fully saturated rings. The Morgan fingerprint density at radius 2 is 2.07 bits per heavy atom. The van der Waals surface area contributed by atoms with Crippen LogP contribution in [0.25, 0.3) is 10.9 Å². The van der Waals surface area contributed by atoms with Crippen LogP contribution in [0.1, 0.15) is 12.1 Å². The van der Waals surface area contributed by atoms with E-state index in [9.17, 15) is 8.78 Å². The minimum atomic E-state index is -2.57. The molecule has 1 aromatic heterocycles. The molecule has 0 atom stereocenters. The molecule has 0 N–H and O–H groups in total. The molecular formula is C10H6F2N2. The quantitative estimate of drug-likeness (QED) is 0.682. The van der Waals surface area contributed by atoms with Crippen LogP contribution in [0.2, 0.25) is 0 Å². The van der Waals surface area contributed by atoms with E-state index in [2.05, 4.69) is 0 Å². The third-order valence-electron chi connectivity index (χ3n) is 2.06. The molecule has 2 aromatic rings. The van der Waals surface area contributed by atoms with Crippen molar-refractivity contribution in [2.45, 2.75) is 6.55 Å². The topological polar surface area (TPSA) is 28.7 Å². The maximum atomic E-state index is 12.4. The van der Waals surface area contributed by atoms with Crippen LogP contribution in [0.5, 0.6) is 0 Å². The van der Waals surface area contributed by atoms with Crippen molar-refractivity contribution < 1.29 is 8.78 Å². The molecule has 0 aliphatic rings. The number of hydrogen-bond donors (Lipinski definition) is 0. The van der Waals surface area contributed by atoms with Gasteiger partial charge in [0.1, 0.15) is 0 Å². The standard InChI is InChI=1S/C10H6F2N2/c11-10(12)14-4-3-8-2-1-7(6-13)5-9(8)14/h1-5,10H. The van der Waals surface area contributed by atoms with Gasteiger partial charge in [-0.05, 0) is 23.6 Å². The van der Waals surface area contributed by atoms with Gasteiger partial charge in [-0.2, -0.15) is 14.0 Å². The van der Waals surface area contributed by atoms with Crippen LogP contribution in [-0.2, 0) is 0 Å². The van der Waals surface area contributed by atoms with E-state index < -0.39 is 6.55 Å². The lowest BCUT2D eigenvalue weighted by Crippen LogP contribution is -1.94. The van der Waals surface area contributed by atoms with E-state index in [1.54, 1.807) is 18.2 Å². The van der Waals surface area contributed by atoms with Crippen molar-refractivity contribution in [3.63, 3.8) is 0 Å². The third-order valence-corrected chi connectivity index (χ3v) is 2.06. The molecule has 2 nitrogen and oxygen atoms in total. The van der Waals surface area contributed by atoms with Gasteiger partial charge in [0.15, 0.2) is 0 Å². The summed E-state index contributed by atoms with van der Waals surface area (Å²) in [6.07, 6.45) is 1.32. The molecule has 1 heterocycles.